The first-order valence-corrected chi connectivity index (χ1v) is 6.88. The molecule has 1 aromatic heterocycles. The SMILES string of the molecule is C=CCNC(=O)c1cc(Nc2ccc(OC)cc2OC)ncn1. The zero-order chi connectivity index (χ0) is 16.7. The number of amides is 1. The summed E-state index contributed by atoms with van der Waals surface area (Å²) in [4.78, 5) is 20.0. The van der Waals surface area contributed by atoms with Crippen LogP contribution in [-0.2, 0) is 0 Å². The van der Waals surface area contributed by atoms with Gasteiger partial charge in [0.25, 0.3) is 5.91 Å². The number of aromatic nitrogens is 2. The Hall–Kier alpha value is -3.09. The monoisotopic (exact) mass is 314 g/mol. The lowest BCUT2D eigenvalue weighted by Crippen LogP contribution is -2.24. The molecule has 0 atom stereocenters. The minimum Gasteiger partial charge on any atom is -0.497 e. The van der Waals surface area contributed by atoms with E-state index < -0.39 is 0 Å². The van der Waals surface area contributed by atoms with Crippen LogP contribution in [0.15, 0.2) is 43.2 Å². The topological polar surface area (TPSA) is 85.4 Å². The number of ether oxygens (including phenoxy) is 2. The number of carbonyl (C=O) groups excluding carboxylic acids is 1. The fraction of sp³-hybridized carbons (Fsp3) is 0.188. The molecule has 2 aromatic rings. The first-order chi connectivity index (χ1) is 11.2. The van der Waals surface area contributed by atoms with Gasteiger partial charge in [-0.15, -0.1) is 6.58 Å². The van der Waals surface area contributed by atoms with Crippen molar-refractivity contribution in [3.8, 4) is 11.5 Å². The van der Waals surface area contributed by atoms with Gasteiger partial charge in [-0.3, -0.25) is 4.79 Å². The number of benzene rings is 1. The highest BCUT2D eigenvalue weighted by molar-refractivity contribution is 5.93. The Labute approximate surface area is 134 Å². The lowest BCUT2D eigenvalue weighted by Gasteiger charge is -2.12. The Balaban J connectivity index is 2.20. The van der Waals surface area contributed by atoms with Gasteiger partial charge < -0.3 is 20.1 Å². The van der Waals surface area contributed by atoms with Crippen LogP contribution in [0.4, 0.5) is 11.5 Å². The third-order valence-electron chi connectivity index (χ3n) is 2.98. The molecule has 7 nitrogen and oxygen atoms in total. The largest absolute Gasteiger partial charge is 0.497 e. The van der Waals surface area contributed by atoms with Crippen LogP contribution < -0.4 is 20.1 Å². The van der Waals surface area contributed by atoms with Gasteiger partial charge in [-0.1, -0.05) is 6.08 Å². The van der Waals surface area contributed by atoms with E-state index in [1.165, 1.54) is 6.33 Å². The van der Waals surface area contributed by atoms with Crippen molar-refractivity contribution < 1.29 is 14.3 Å². The molecule has 2 rings (SSSR count). The Morgan fingerprint density at radius 3 is 2.78 bits per heavy atom. The van der Waals surface area contributed by atoms with Gasteiger partial charge in [-0.05, 0) is 12.1 Å². The molecular weight excluding hydrogens is 296 g/mol. The summed E-state index contributed by atoms with van der Waals surface area (Å²) >= 11 is 0. The molecule has 0 saturated heterocycles. The summed E-state index contributed by atoms with van der Waals surface area (Å²) in [7, 11) is 3.15. The summed E-state index contributed by atoms with van der Waals surface area (Å²) in [6.07, 6.45) is 2.92. The van der Waals surface area contributed by atoms with E-state index in [1.807, 2.05) is 0 Å². The summed E-state index contributed by atoms with van der Waals surface area (Å²) in [5.74, 6) is 1.46. The first kappa shape index (κ1) is 16.3. The van der Waals surface area contributed by atoms with Crippen molar-refractivity contribution in [3.63, 3.8) is 0 Å². The van der Waals surface area contributed by atoms with Crippen LogP contribution in [-0.4, -0.2) is 36.6 Å². The van der Waals surface area contributed by atoms with Crippen LogP contribution in [0.2, 0.25) is 0 Å². The Bertz CT molecular complexity index is 703. The minimum absolute atomic E-state index is 0.261. The van der Waals surface area contributed by atoms with E-state index in [2.05, 4.69) is 27.2 Å². The molecule has 0 saturated carbocycles. The van der Waals surface area contributed by atoms with Gasteiger partial charge in [0, 0.05) is 18.7 Å². The number of nitrogens with one attached hydrogen (secondary N) is 2. The molecule has 1 amide bonds. The molecular formula is C16H18N4O3. The Morgan fingerprint density at radius 1 is 1.26 bits per heavy atom. The highest BCUT2D eigenvalue weighted by Gasteiger charge is 2.10. The molecule has 0 aliphatic carbocycles. The van der Waals surface area contributed by atoms with Crippen LogP contribution in [0, 0.1) is 0 Å². The standard InChI is InChI=1S/C16H18N4O3/c1-4-7-17-16(21)13-9-15(19-10-18-13)20-12-6-5-11(22-2)8-14(12)23-3/h4-6,8-10H,1,7H2,2-3H3,(H,17,21)(H,18,19,20). The number of hydrogen-bond donors (Lipinski definition) is 2. The number of methoxy groups -OCH3 is 2. The van der Waals surface area contributed by atoms with Crippen LogP contribution in [0.3, 0.4) is 0 Å². The highest BCUT2D eigenvalue weighted by atomic mass is 16.5. The predicted octanol–water partition coefficient (Wildman–Crippen LogP) is 2.15. The van der Waals surface area contributed by atoms with E-state index in [4.69, 9.17) is 9.47 Å². The van der Waals surface area contributed by atoms with E-state index in [0.717, 1.165) is 0 Å². The smallest absolute Gasteiger partial charge is 0.270 e. The normalized spacial score (nSPS) is 9.83. The van der Waals surface area contributed by atoms with E-state index in [0.29, 0.717) is 29.5 Å². The molecule has 1 heterocycles. The second kappa shape index (κ2) is 7.79. The predicted molar refractivity (Wildman–Crippen MR) is 87.4 cm³/mol. The van der Waals surface area contributed by atoms with Gasteiger partial charge in [0.05, 0.1) is 19.9 Å². The summed E-state index contributed by atoms with van der Waals surface area (Å²) in [6, 6.07) is 6.91. The minimum atomic E-state index is -0.294. The molecule has 0 spiro atoms. The molecule has 0 unspecified atom stereocenters. The second-order valence-electron chi connectivity index (χ2n) is 4.48. The first-order valence-electron chi connectivity index (χ1n) is 6.88. The van der Waals surface area contributed by atoms with Gasteiger partial charge in [0.2, 0.25) is 0 Å². The van der Waals surface area contributed by atoms with Crippen LogP contribution in [0.5, 0.6) is 11.5 Å². The van der Waals surface area contributed by atoms with Crippen LogP contribution in [0.1, 0.15) is 10.5 Å². The Morgan fingerprint density at radius 2 is 2.09 bits per heavy atom. The third-order valence-corrected chi connectivity index (χ3v) is 2.98. The number of nitrogens with zero attached hydrogens (tertiary/aromatic N) is 2. The molecule has 120 valence electrons. The highest BCUT2D eigenvalue weighted by Crippen LogP contribution is 2.30. The van der Waals surface area contributed by atoms with Crippen LogP contribution in [0.25, 0.3) is 0 Å². The summed E-state index contributed by atoms with van der Waals surface area (Å²) < 4.78 is 10.5. The molecule has 0 fully saturated rings. The van der Waals surface area contributed by atoms with Crippen LogP contribution >= 0.6 is 0 Å². The van der Waals surface area contributed by atoms with Crippen molar-refractivity contribution in [3.05, 3.63) is 48.9 Å². The fourth-order valence-electron chi connectivity index (χ4n) is 1.85. The van der Waals surface area contributed by atoms with Crippen molar-refractivity contribution in [2.24, 2.45) is 0 Å². The number of hydrogen-bond acceptors (Lipinski definition) is 6. The quantitative estimate of drug-likeness (QED) is 0.762. The number of carbonyl (C=O) groups is 1. The van der Waals surface area contributed by atoms with Crippen molar-refractivity contribution >= 4 is 17.4 Å². The second-order valence-corrected chi connectivity index (χ2v) is 4.48. The van der Waals surface area contributed by atoms with Crippen molar-refractivity contribution in [1.82, 2.24) is 15.3 Å². The average molecular weight is 314 g/mol. The zero-order valence-electron chi connectivity index (χ0n) is 13.0. The van der Waals surface area contributed by atoms with Crippen molar-refractivity contribution in [2.45, 2.75) is 0 Å². The fourth-order valence-corrected chi connectivity index (χ4v) is 1.85. The lowest BCUT2D eigenvalue weighted by molar-refractivity contribution is 0.0953. The summed E-state index contributed by atoms with van der Waals surface area (Å²) in [6.45, 7) is 3.92. The molecule has 23 heavy (non-hydrogen) atoms. The van der Waals surface area contributed by atoms with Gasteiger partial charge >= 0.3 is 0 Å². The molecule has 1 aromatic carbocycles. The summed E-state index contributed by atoms with van der Waals surface area (Å²) in [5.41, 5.74) is 0.960. The Kier molecular flexibility index (Phi) is 5.51. The third kappa shape index (κ3) is 4.19. The number of rotatable bonds is 7. The molecule has 2 N–H and O–H groups in total. The van der Waals surface area contributed by atoms with Gasteiger partial charge in [-0.25, -0.2) is 9.97 Å². The average Bonchev–Trinajstić information content (AvgIpc) is 2.60. The van der Waals surface area contributed by atoms with E-state index in [9.17, 15) is 4.79 Å². The summed E-state index contributed by atoms with van der Waals surface area (Å²) in [5, 5.41) is 5.76. The molecule has 0 aliphatic heterocycles. The van der Waals surface area contributed by atoms with Crippen molar-refractivity contribution in [2.75, 3.05) is 26.1 Å². The lowest BCUT2D eigenvalue weighted by atomic mass is 10.2. The molecule has 0 radical (unpaired) electrons. The van der Waals surface area contributed by atoms with E-state index in [-0.39, 0.29) is 11.6 Å². The van der Waals surface area contributed by atoms with Crippen molar-refractivity contribution in [1.29, 1.82) is 0 Å². The maximum Gasteiger partial charge on any atom is 0.270 e. The molecule has 0 bridgehead atoms. The maximum atomic E-state index is 11.9. The number of anilines is 2. The zero-order valence-corrected chi connectivity index (χ0v) is 13.0. The van der Waals surface area contributed by atoms with E-state index in [1.54, 1.807) is 44.6 Å². The van der Waals surface area contributed by atoms with Gasteiger partial charge in [0.15, 0.2) is 0 Å². The van der Waals surface area contributed by atoms with E-state index >= 15 is 0 Å². The van der Waals surface area contributed by atoms with Gasteiger partial charge in [0.1, 0.15) is 29.3 Å². The van der Waals surface area contributed by atoms with Gasteiger partial charge in [-0.2, -0.15) is 0 Å². The maximum absolute atomic E-state index is 11.9. The molecule has 0 aliphatic rings. The molecule has 7 heteroatoms.